The minimum atomic E-state index is -1.63. The molecule has 8 heavy (non-hydrogen) atoms. The summed E-state index contributed by atoms with van der Waals surface area (Å²) in [6.07, 6.45) is -1.63. The molecule has 0 aliphatic rings. The molecule has 0 aromatic rings. The van der Waals surface area contributed by atoms with Gasteiger partial charge in [-0.1, -0.05) is 0 Å². The number of aliphatic carboxylic acids is 1. The zero-order valence-electron chi connectivity index (χ0n) is 4.24. The second-order valence-corrected chi connectivity index (χ2v) is 1.04. The SMILES string of the molecule is O=C(O)C(O)CO.[Zn+2]. The van der Waals surface area contributed by atoms with E-state index in [1.54, 1.807) is 0 Å². The van der Waals surface area contributed by atoms with E-state index in [2.05, 4.69) is 0 Å². The predicted octanol–water partition coefficient (Wildman–Crippen LogP) is -1.58. The van der Waals surface area contributed by atoms with Crippen LogP contribution < -0.4 is 0 Å². The average molecular weight is 171 g/mol. The Kier molecular flexibility index (Phi) is 7.03. The number of aliphatic hydroxyl groups is 2. The van der Waals surface area contributed by atoms with Gasteiger partial charge in [-0.15, -0.1) is 0 Å². The van der Waals surface area contributed by atoms with Crippen molar-refractivity contribution in [2.45, 2.75) is 6.10 Å². The van der Waals surface area contributed by atoms with E-state index in [9.17, 15) is 4.79 Å². The van der Waals surface area contributed by atoms with Crippen LogP contribution in [0.3, 0.4) is 0 Å². The van der Waals surface area contributed by atoms with Gasteiger partial charge in [0, 0.05) is 0 Å². The number of hydrogen-bond acceptors (Lipinski definition) is 3. The quantitative estimate of drug-likeness (QED) is 0.439. The first-order valence-electron chi connectivity index (χ1n) is 1.70. The smallest absolute Gasteiger partial charge is 0.479 e. The molecule has 1 atom stereocenters. The van der Waals surface area contributed by atoms with Crippen LogP contribution in [0.5, 0.6) is 0 Å². The van der Waals surface area contributed by atoms with Gasteiger partial charge in [0.2, 0.25) is 0 Å². The van der Waals surface area contributed by atoms with Gasteiger partial charge in [-0.25, -0.2) is 4.79 Å². The molecule has 5 heteroatoms. The van der Waals surface area contributed by atoms with E-state index in [1.165, 1.54) is 0 Å². The zero-order chi connectivity index (χ0) is 5.86. The fourth-order valence-corrected chi connectivity index (χ4v) is 0.0781. The van der Waals surface area contributed by atoms with Crippen molar-refractivity contribution in [1.29, 1.82) is 0 Å². The van der Waals surface area contributed by atoms with Crippen molar-refractivity contribution in [2.24, 2.45) is 0 Å². The molecule has 42 valence electrons. The summed E-state index contributed by atoms with van der Waals surface area (Å²) < 4.78 is 0. The van der Waals surface area contributed by atoms with Crippen LogP contribution in [-0.4, -0.2) is 34.0 Å². The van der Waals surface area contributed by atoms with E-state index in [1.807, 2.05) is 0 Å². The average Bonchev–Trinajstić information content (AvgIpc) is 1.65. The molecule has 0 saturated heterocycles. The first-order valence-corrected chi connectivity index (χ1v) is 1.70. The van der Waals surface area contributed by atoms with Gasteiger partial charge in [0.05, 0.1) is 6.61 Å². The van der Waals surface area contributed by atoms with Crippen LogP contribution in [0.4, 0.5) is 0 Å². The van der Waals surface area contributed by atoms with Crippen LogP contribution in [0, 0.1) is 0 Å². The monoisotopic (exact) mass is 170 g/mol. The Labute approximate surface area is 58.9 Å². The van der Waals surface area contributed by atoms with Crippen molar-refractivity contribution in [2.75, 3.05) is 6.61 Å². The molecule has 0 heterocycles. The Bertz CT molecular complexity index is 73.7. The largest absolute Gasteiger partial charge is 2.00 e. The Morgan fingerprint density at radius 3 is 2.00 bits per heavy atom. The Morgan fingerprint density at radius 2 is 2.00 bits per heavy atom. The van der Waals surface area contributed by atoms with E-state index in [-0.39, 0.29) is 19.5 Å². The molecule has 0 fully saturated rings. The van der Waals surface area contributed by atoms with Crippen LogP contribution in [0.2, 0.25) is 0 Å². The van der Waals surface area contributed by atoms with Gasteiger partial charge in [-0.2, -0.15) is 0 Å². The molecule has 0 amide bonds. The number of aliphatic hydroxyl groups excluding tert-OH is 2. The third-order valence-corrected chi connectivity index (χ3v) is 0.458. The normalized spacial score (nSPS) is 11.8. The van der Waals surface area contributed by atoms with Gasteiger partial charge in [0.25, 0.3) is 0 Å². The summed E-state index contributed by atoms with van der Waals surface area (Å²) in [7, 11) is 0. The first-order chi connectivity index (χ1) is 3.18. The second kappa shape index (κ2) is 5.16. The van der Waals surface area contributed by atoms with Crippen LogP contribution in [-0.2, 0) is 24.3 Å². The maximum absolute atomic E-state index is 9.52. The Hall–Kier alpha value is 0.0134. The van der Waals surface area contributed by atoms with Crippen molar-refractivity contribution >= 4 is 5.97 Å². The molecule has 0 aliphatic carbocycles. The molecule has 1 unspecified atom stereocenters. The summed E-state index contributed by atoms with van der Waals surface area (Å²) in [4.78, 5) is 9.52. The molecule has 0 rings (SSSR count). The number of carboxylic acids is 1. The van der Waals surface area contributed by atoms with Gasteiger partial charge in [0.15, 0.2) is 6.10 Å². The van der Waals surface area contributed by atoms with E-state index >= 15 is 0 Å². The fraction of sp³-hybridized carbons (Fsp3) is 0.667. The standard InChI is InChI=1S/C3H6O4.Zn/c4-1-2(5)3(6)7;/h2,4-5H,1H2,(H,6,7);/q;+2. The van der Waals surface area contributed by atoms with Crippen LogP contribution in [0.25, 0.3) is 0 Å². The summed E-state index contributed by atoms with van der Waals surface area (Å²) in [5.74, 6) is -1.40. The molecule has 0 aromatic carbocycles. The summed E-state index contributed by atoms with van der Waals surface area (Å²) in [5.41, 5.74) is 0. The molecular weight excluding hydrogens is 165 g/mol. The maximum atomic E-state index is 9.52. The topological polar surface area (TPSA) is 77.8 Å². The van der Waals surface area contributed by atoms with Crippen molar-refractivity contribution < 1.29 is 39.6 Å². The third kappa shape index (κ3) is 4.18. The molecule has 0 bridgehead atoms. The van der Waals surface area contributed by atoms with Crippen molar-refractivity contribution in [3.05, 3.63) is 0 Å². The number of hydrogen-bond donors (Lipinski definition) is 3. The minimum absolute atomic E-state index is 0. The third-order valence-electron chi connectivity index (χ3n) is 0.458. The summed E-state index contributed by atoms with van der Waals surface area (Å²) in [6, 6.07) is 0. The molecule has 0 aromatic heterocycles. The molecule has 0 saturated carbocycles. The van der Waals surface area contributed by atoms with E-state index in [0.717, 1.165) is 0 Å². The molecule has 0 aliphatic heterocycles. The number of carbonyl (C=O) groups is 1. The molecule has 3 N–H and O–H groups in total. The van der Waals surface area contributed by atoms with Crippen LogP contribution in [0.1, 0.15) is 0 Å². The van der Waals surface area contributed by atoms with Crippen molar-refractivity contribution in [3.8, 4) is 0 Å². The maximum Gasteiger partial charge on any atom is 2.00 e. The second-order valence-electron chi connectivity index (χ2n) is 1.04. The molecule has 0 radical (unpaired) electrons. The zero-order valence-corrected chi connectivity index (χ0v) is 7.21. The minimum Gasteiger partial charge on any atom is -0.479 e. The number of carboxylic acid groups (broad SMARTS) is 1. The predicted molar refractivity (Wildman–Crippen MR) is 20.7 cm³/mol. The van der Waals surface area contributed by atoms with Gasteiger partial charge in [0.1, 0.15) is 0 Å². The molecular formula is C3H6O4Zn+2. The fourth-order valence-electron chi connectivity index (χ4n) is 0.0781. The van der Waals surface area contributed by atoms with E-state index in [0.29, 0.717) is 0 Å². The van der Waals surface area contributed by atoms with Gasteiger partial charge < -0.3 is 15.3 Å². The van der Waals surface area contributed by atoms with E-state index in [4.69, 9.17) is 15.3 Å². The van der Waals surface area contributed by atoms with Gasteiger partial charge in [-0.3, -0.25) is 0 Å². The molecule has 4 nitrogen and oxygen atoms in total. The first kappa shape index (κ1) is 10.9. The van der Waals surface area contributed by atoms with Crippen LogP contribution >= 0.6 is 0 Å². The summed E-state index contributed by atoms with van der Waals surface area (Å²) in [5, 5.41) is 23.7. The summed E-state index contributed by atoms with van der Waals surface area (Å²) in [6.45, 7) is -0.727. The van der Waals surface area contributed by atoms with Gasteiger partial charge >= 0.3 is 25.4 Å². The Balaban J connectivity index is 0. The van der Waals surface area contributed by atoms with Crippen LogP contribution in [0.15, 0.2) is 0 Å². The Morgan fingerprint density at radius 1 is 1.62 bits per heavy atom. The van der Waals surface area contributed by atoms with Gasteiger partial charge in [-0.05, 0) is 0 Å². The van der Waals surface area contributed by atoms with Crippen molar-refractivity contribution in [1.82, 2.24) is 0 Å². The number of rotatable bonds is 2. The van der Waals surface area contributed by atoms with E-state index < -0.39 is 18.7 Å². The van der Waals surface area contributed by atoms with Crippen molar-refractivity contribution in [3.63, 3.8) is 0 Å². The summed E-state index contributed by atoms with van der Waals surface area (Å²) >= 11 is 0. The molecule has 0 spiro atoms.